The molecule has 0 atom stereocenters. The van der Waals surface area contributed by atoms with Crippen LogP contribution in [0.25, 0.3) is 0 Å². The summed E-state index contributed by atoms with van der Waals surface area (Å²) < 4.78 is 22.7. The van der Waals surface area contributed by atoms with Crippen LogP contribution in [0.5, 0.6) is 0 Å². The summed E-state index contributed by atoms with van der Waals surface area (Å²) in [4.78, 5) is 11.2. The molecule has 8 heteroatoms. The van der Waals surface area contributed by atoms with Crippen LogP contribution in [-0.4, -0.2) is 24.2 Å². The Kier molecular flexibility index (Phi) is 5.50. The van der Waals surface area contributed by atoms with Gasteiger partial charge in [-0.05, 0) is 38.8 Å². The number of halogens is 3. The fourth-order valence-electron chi connectivity index (χ4n) is 2.02. The van der Waals surface area contributed by atoms with Crippen molar-refractivity contribution in [2.24, 2.45) is 0 Å². The third-order valence-electron chi connectivity index (χ3n) is 3.22. The van der Waals surface area contributed by atoms with E-state index >= 15 is 0 Å². The molecule has 1 aromatic rings. The molecule has 22 heavy (non-hydrogen) atoms. The van der Waals surface area contributed by atoms with Crippen LogP contribution >= 0.6 is 34.8 Å². The fourth-order valence-corrected chi connectivity index (χ4v) is 4.36. The topological polar surface area (TPSA) is 71.4 Å². The second kappa shape index (κ2) is 6.19. The quantitative estimate of drug-likeness (QED) is 0.783. The van der Waals surface area contributed by atoms with Gasteiger partial charge in [0.05, 0.1) is 15.2 Å². The molecule has 1 aromatic carbocycles. The molecule has 0 heterocycles. The Morgan fingerprint density at radius 2 is 1.68 bits per heavy atom. The molecule has 4 nitrogen and oxygen atoms in total. The number of alkyl halides is 3. The lowest BCUT2D eigenvalue weighted by atomic mass is 10.0. The number of carboxylic acids is 1. The molecule has 0 amide bonds. The third kappa shape index (κ3) is 3.53. The maximum atomic E-state index is 12.9. The van der Waals surface area contributed by atoms with E-state index < -0.39 is 24.3 Å². The van der Waals surface area contributed by atoms with Crippen LogP contribution in [0.1, 0.15) is 49.2 Å². The SMILES string of the molecule is CCc1c(C(=O)O)ccc(C(Cl)(Cl)Cl)c1S(=O)(=O)C(C)(C)C. The number of hydrogen-bond donors (Lipinski definition) is 1. The van der Waals surface area contributed by atoms with E-state index in [0.717, 1.165) is 0 Å². The first-order valence-corrected chi connectivity index (χ1v) is 9.07. The molecule has 0 aliphatic heterocycles. The Bertz CT molecular complexity index is 698. The van der Waals surface area contributed by atoms with E-state index in [-0.39, 0.29) is 28.0 Å². The van der Waals surface area contributed by atoms with Crippen molar-refractivity contribution in [1.82, 2.24) is 0 Å². The van der Waals surface area contributed by atoms with Gasteiger partial charge in [-0.25, -0.2) is 13.2 Å². The zero-order valence-corrected chi connectivity index (χ0v) is 15.7. The van der Waals surface area contributed by atoms with Crippen molar-refractivity contribution in [3.05, 3.63) is 28.8 Å². The van der Waals surface area contributed by atoms with Crippen molar-refractivity contribution in [1.29, 1.82) is 0 Å². The summed E-state index contributed by atoms with van der Waals surface area (Å²) in [6.07, 6.45) is 0.181. The van der Waals surface area contributed by atoms with E-state index in [0.29, 0.717) is 0 Å². The van der Waals surface area contributed by atoms with Crippen molar-refractivity contribution in [3.63, 3.8) is 0 Å². The van der Waals surface area contributed by atoms with Crippen molar-refractivity contribution in [2.45, 2.75) is 47.6 Å². The van der Waals surface area contributed by atoms with E-state index in [4.69, 9.17) is 34.8 Å². The lowest BCUT2D eigenvalue weighted by Gasteiger charge is -2.26. The van der Waals surface area contributed by atoms with Gasteiger partial charge in [-0.1, -0.05) is 47.8 Å². The molecule has 0 aliphatic rings. The molecule has 0 saturated heterocycles. The predicted molar refractivity (Wildman–Crippen MR) is 89.0 cm³/mol. The molecule has 1 rings (SSSR count). The summed E-state index contributed by atoms with van der Waals surface area (Å²) in [7, 11) is -3.91. The molecule has 0 radical (unpaired) electrons. The van der Waals surface area contributed by atoms with Crippen molar-refractivity contribution >= 4 is 50.6 Å². The van der Waals surface area contributed by atoms with Gasteiger partial charge in [0.25, 0.3) is 0 Å². The summed E-state index contributed by atoms with van der Waals surface area (Å²) in [5.41, 5.74) is 0.00356. The zero-order valence-electron chi connectivity index (χ0n) is 12.6. The van der Waals surface area contributed by atoms with Crippen LogP contribution < -0.4 is 0 Å². The number of rotatable bonds is 3. The molecule has 0 unspecified atom stereocenters. The third-order valence-corrected chi connectivity index (χ3v) is 6.45. The predicted octanol–water partition coefficient (Wildman–Crippen LogP) is 4.35. The average molecular weight is 388 g/mol. The van der Waals surface area contributed by atoms with Gasteiger partial charge in [0.2, 0.25) is 3.79 Å². The first kappa shape index (κ1) is 19.6. The number of benzene rings is 1. The number of aromatic carboxylic acids is 1. The van der Waals surface area contributed by atoms with Gasteiger partial charge in [0.15, 0.2) is 9.84 Å². The van der Waals surface area contributed by atoms with Gasteiger partial charge < -0.3 is 5.11 Å². The van der Waals surface area contributed by atoms with Crippen molar-refractivity contribution in [3.8, 4) is 0 Å². The minimum Gasteiger partial charge on any atom is -0.478 e. The lowest BCUT2D eigenvalue weighted by molar-refractivity contribution is 0.0695. The molecule has 0 spiro atoms. The summed E-state index contributed by atoms with van der Waals surface area (Å²) in [5, 5.41) is 9.29. The molecule has 0 bridgehead atoms. The molecule has 1 N–H and O–H groups in total. The monoisotopic (exact) mass is 386 g/mol. The van der Waals surface area contributed by atoms with Crippen LogP contribution in [0.2, 0.25) is 0 Å². The Morgan fingerprint density at radius 1 is 1.18 bits per heavy atom. The molecule has 0 fully saturated rings. The highest BCUT2D eigenvalue weighted by Gasteiger charge is 2.40. The van der Waals surface area contributed by atoms with Crippen LogP contribution in [-0.2, 0) is 20.1 Å². The largest absolute Gasteiger partial charge is 0.478 e. The average Bonchev–Trinajstić information content (AvgIpc) is 2.34. The molecular weight excluding hydrogens is 371 g/mol. The van der Waals surface area contributed by atoms with E-state index in [1.807, 2.05) is 0 Å². The highest BCUT2D eigenvalue weighted by atomic mass is 35.6. The standard InChI is InChI=1S/C14H17Cl3O4S/c1-5-8-9(12(18)19)6-7-10(14(15,16)17)11(8)22(20,21)13(2,3)4/h6-7H,5H2,1-4H3,(H,18,19). The fraction of sp³-hybridized carbons (Fsp3) is 0.500. The maximum absolute atomic E-state index is 12.9. The summed E-state index contributed by atoms with van der Waals surface area (Å²) in [6.45, 7) is 6.19. The molecular formula is C14H17Cl3O4S. The van der Waals surface area contributed by atoms with Gasteiger partial charge in [0.1, 0.15) is 0 Å². The van der Waals surface area contributed by atoms with E-state index in [2.05, 4.69) is 0 Å². The highest BCUT2D eigenvalue weighted by Crippen LogP contribution is 2.45. The van der Waals surface area contributed by atoms with E-state index in [1.54, 1.807) is 6.92 Å². The van der Waals surface area contributed by atoms with Gasteiger partial charge >= 0.3 is 5.97 Å². The summed E-state index contributed by atoms with van der Waals surface area (Å²) >= 11 is 17.7. The summed E-state index contributed by atoms with van der Waals surface area (Å²) in [6, 6.07) is 2.51. The normalized spacial score (nSPS) is 13.2. The molecule has 0 aromatic heterocycles. The first-order chi connectivity index (χ1) is 9.75. The Balaban J connectivity index is 4.01. The van der Waals surface area contributed by atoms with Gasteiger partial charge in [-0.3, -0.25) is 0 Å². The van der Waals surface area contributed by atoms with Gasteiger partial charge in [0, 0.05) is 5.56 Å². The summed E-state index contributed by atoms with van der Waals surface area (Å²) in [5.74, 6) is -1.22. The van der Waals surface area contributed by atoms with Crippen molar-refractivity contribution in [2.75, 3.05) is 0 Å². The minimum absolute atomic E-state index is 0.0331. The second-order valence-electron chi connectivity index (χ2n) is 5.74. The molecule has 124 valence electrons. The smallest absolute Gasteiger partial charge is 0.336 e. The van der Waals surface area contributed by atoms with Crippen LogP contribution in [0.4, 0.5) is 0 Å². The molecule has 0 saturated carbocycles. The highest BCUT2D eigenvalue weighted by molar-refractivity contribution is 7.92. The zero-order chi connectivity index (χ0) is 17.5. The Labute approximate surface area is 145 Å². The van der Waals surface area contributed by atoms with Crippen LogP contribution in [0, 0.1) is 0 Å². The van der Waals surface area contributed by atoms with Gasteiger partial charge in [-0.2, -0.15) is 0 Å². The molecule has 0 aliphatic carbocycles. The number of carbonyl (C=O) groups is 1. The lowest BCUT2D eigenvalue weighted by Crippen LogP contribution is -2.31. The maximum Gasteiger partial charge on any atom is 0.336 e. The van der Waals surface area contributed by atoms with Gasteiger partial charge in [-0.15, -0.1) is 0 Å². The minimum atomic E-state index is -3.91. The second-order valence-corrected chi connectivity index (χ2v) is 10.7. The number of hydrogen-bond acceptors (Lipinski definition) is 3. The van der Waals surface area contributed by atoms with Crippen molar-refractivity contribution < 1.29 is 18.3 Å². The number of carboxylic acid groups (broad SMARTS) is 1. The Morgan fingerprint density at radius 3 is 2.00 bits per heavy atom. The first-order valence-electron chi connectivity index (χ1n) is 6.46. The van der Waals surface area contributed by atoms with Crippen LogP contribution in [0.3, 0.4) is 0 Å². The van der Waals surface area contributed by atoms with Crippen LogP contribution in [0.15, 0.2) is 17.0 Å². The van der Waals surface area contributed by atoms with E-state index in [9.17, 15) is 18.3 Å². The Hall–Kier alpha value is -0.490. The number of sulfone groups is 1. The van der Waals surface area contributed by atoms with E-state index in [1.165, 1.54) is 32.9 Å².